The first-order valence-corrected chi connectivity index (χ1v) is 7.79. The van der Waals surface area contributed by atoms with Gasteiger partial charge >= 0.3 is 0 Å². The van der Waals surface area contributed by atoms with Gasteiger partial charge in [-0.15, -0.1) is 11.3 Å². The van der Waals surface area contributed by atoms with Crippen molar-refractivity contribution in [3.05, 3.63) is 27.3 Å². The van der Waals surface area contributed by atoms with Gasteiger partial charge < -0.3 is 10.4 Å². The summed E-state index contributed by atoms with van der Waals surface area (Å²) in [5, 5.41) is 25.1. The number of benzene rings is 1. The van der Waals surface area contributed by atoms with Crippen LogP contribution >= 0.6 is 11.3 Å². The molecule has 0 bridgehead atoms. The fourth-order valence-electron chi connectivity index (χ4n) is 2.99. The minimum atomic E-state index is -0.441. The van der Waals surface area contributed by atoms with Crippen LogP contribution in [0.1, 0.15) is 30.7 Å². The van der Waals surface area contributed by atoms with Crippen molar-refractivity contribution in [3.8, 4) is 0 Å². The summed E-state index contributed by atoms with van der Waals surface area (Å²) < 4.78 is 0.814. The Morgan fingerprint density at radius 3 is 2.81 bits per heavy atom. The number of thiazole rings is 1. The predicted molar refractivity (Wildman–Crippen MR) is 82.9 cm³/mol. The average Bonchev–Trinajstić information content (AvgIpc) is 3.03. The van der Waals surface area contributed by atoms with Crippen molar-refractivity contribution in [3.63, 3.8) is 0 Å². The van der Waals surface area contributed by atoms with E-state index < -0.39 is 5.54 Å². The van der Waals surface area contributed by atoms with Crippen LogP contribution in [0.25, 0.3) is 10.2 Å². The summed E-state index contributed by atoms with van der Waals surface area (Å²) in [4.78, 5) is 15.3. The Balaban J connectivity index is 2.06. The van der Waals surface area contributed by atoms with Gasteiger partial charge in [0.25, 0.3) is 5.69 Å². The van der Waals surface area contributed by atoms with E-state index in [1.54, 1.807) is 12.1 Å². The van der Waals surface area contributed by atoms with Crippen molar-refractivity contribution in [1.82, 2.24) is 4.98 Å². The first-order chi connectivity index (χ1) is 10.0. The third-order valence-corrected chi connectivity index (χ3v) is 5.01. The predicted octanol–water partition coefficient (Wildman–Crippen LogP) is 3.23. The van der Waals surface area contributed by atoms with Crippen LogP contribution in [-0.4, -0.2) is 27.2 Å². The summed E-state index contributed by atoms with van der Waals surface area (Å²) in [6, 6.07) is 3.30. The quantitative estimate of drug-likeness (QED) is 0.668. The van der Waals surface area contributed by atoms with Crippen LogP contribution in [0, 0.1) is 17.0 Å². The fraction of sp³-hybridized carbons (Fsp3) is 0.500. The van der Waals surface area contributed by atoms with Crippen molar-refractivity contribution in [1.29, 1.82) is 0 Å². The summed E-state index contributed by atoms with van der Waals surface area (Å²) in [7, 11) is 0. The zero-order valence-corrected chi connectivity index (χ0v) is 12.6. The Kier molecular flexibility index (Phi) is 3.54. The van der Waals surface area contributed by atoms with Crippen LogP contribution < -0.4 is 5.32 Å². The van der Waals surface area contributed by atoms with E-state index in [0.29, 0.717) is 5.69 Å². The van der Waals surface area contributed by atoms with E-state index >= 15 is 0 Å². The van der Waals surface area contributed by atoms with Crippen LogP contribution in [0.15, 0.2) is 12.1 Å². The number of nitrogens with zero attached hydrogens (tertiary/aromatic N) is 2. The van der Waals surface area contributed by atoms with Gasteiger partial charge in [-0.05, 0) is 25.8 Å². The number of aliphatic hydroxyl groups excluding tert-OH is 1. The molecule has 112 valence electrons. The lowest BCUT2D eigenvalue weighted by Crippen LogP contribution is -2.39. The van der Waals surface area contributed by atoms with Crippen LogP contribution in [0.3, 0.4) is 0 Å². The summed E-state index contributed by atoms with van der Waals surface area (Å²) in [6.07, 6.45) is 3.71. The number of hydrogen-bond donors (Lipinski definition) is 2. The molecular formula is C14H17N3O3S. The molecule has 1 aliphatic carbocycles. The number of nitro benzene ring substituents is 1. The Bertz CT molecular complexity index is 692. The van der Waals surface area contributed by atoms with E-state index in [1.807, 2.05) is 6.92 Å². The molecular weight excluding hydrogens is 290 g/mol. The molecule has 1 aliphatic rings. The highest BCUT2D eigenvalue weighted by atomic mass is 32.1. The molecule has 6 nitrogen and oxygen atoms in total. The Labute approximate surface area is 126 Å². The number of nitrogens with one attached hydrogen (secondary N) is 1. The number of fused-ring (bicyclic) bond motifs is 1. The van der Waals surface area contributed by atoms with Gasteiger partial charge in [0, 0.05) is 6.07 Å². The van der Waals surface area contributed by atoms with Crippen molar-refractivity contribution >= 4 is 32.9 Å². The maximum Gasteiger partial charge on any atom is 0.293 e. The number of rotatable bonds is 4. The SMILES string of the molecule is Cc1nc2cc(NC3(CO)CCCC3)c([N+](=O)[O-])cc2s1. The van der Waals surface area contributed by atoms with Gasteiger partial charge in [0.05, 0.1) is 32.3 Å². The van der Waals surface area contributed by atoms with Crippen LogP contribution in [-0.2, 0) is 0 Å². The van der Waals surface area contributed by atoms with Crippen molar-refractivity contribution in [2.24, 2.45) is 0 Å². The molecule has 0 saturated heterocycles. The minimum absolute atomic E-state index is 0.0156. The van der Waals surface area contributed by atoms with Gasteiger partial charge in [-0.25, -0.2) is 4.98 Å². The maximum absolute atomic E-state index is 11.3. The zero-order chi connectivity index (χ0) is 15.0. The summed E-state index contributed by atoms with van der Waals surface area (Å²) in [5.41, 5.74) is 0.820. The number of aromatic nitrogens is 1. The number of anilines is 1. The molecule has 2 aromatic rings. The number of aryl methyl sites for hydroxylation is 1. The average molecular weight is 307 g/mol. The third-order valence-electron chi connectivity index (χ3n) is 4.07. The topological polar surface area (TPSA) is 88.3 Å². The largest absolute Gasteiger partial charge is 0.394 e. The number of aliphatic hydroxyl groups is 1. The second kappa shape index (κ2) is 5.23. The van der Waals surface area contributed by atoms with E-state index in [9.17, 15) is 15.2 Å². The monoisotopic (exact) mass is 307 g/mol. The van der Waals surface area contributed by atoms with Crippen LogP contribution in [0.5, 0.6) is 0 Å². The van der Waals surface area contributed by atoms with E-state index in [0.717, 1.165) is 40.9 Å². The molecule has 2 N–H and O–H groups in total. The molecule has 7 heteroatoms. The molecule has 3 rings (SSSR count). The van der Waals surface area contributed by atoms with E-state index in [4.69, 9.17) is 0 Å². The number of nitro groups is 1. The second-order valence-electron chi connectivity index (χ2n) is 5.60. The Morgan fingerprint density at radius 1 is 1.48 bits per heavy atom. The molecule has 0 atom stereocenters. The lowest BCUT2D eigenvalue weighted by atomic mass is 9.98. The van der Waals surface area contributed by atoms with Crippen molar-refractivity contribution < 1.29 is 10.0 Å². The smallest absolute Gasteiger partial charge is 0.293 e. The van der Waals surface area contributed by atoms with Gasteiger partial charge in [-0.2, -0.15) is 0 Å². The molecule has 1 aromatic heterocycles. The molecule has 0 spiro atoms. The van der Waals surface area contributed by atoms with E-state index in [1.165, 1.54) is 11.3 Å². The molecule has 0 radical (unpaired) electrons. The second-order valence-corrected chi connectivity index (χ2v) is 6.83. The van der Waals surface area contributed by atoms with Gasteiger partial charge in [-0.1, -0.05) is 12.8 Å². The van der Waals surface area contributed by atoms with Gasteiger partial charge in [0.2, 0.25) is 0 Å². The first kappa shape index (κ1) is 14.2. The molecule has 1 aromatic carbocycles. The highest BCUT2D eigenvalue weighted by molar-refractivity contribution is 7.18. The lowest BCUT2D eigenvalue weighted by molar-refractivity contribution is -0.383. The Hall–Kier alpha value is -1.73. The highest BCUT2D eigenvalue weighted by Gasteiger charge is 2.35. The van der Waals surface area contributed by atoms with Gasteiger partial charge in [0.15, 0.2) is 0 Å². The molecule has 21 heavy (non-hydrogen) atoms. The zero-order valence-electron chi connectivity index (χ0n) is 11.8. The summed E-state index contributed by atoms with van der Waals surface area (Å²) >= 11 is 1.45. The summed E-state index contributed by atoms with van der Waals surface area (Å²) in [6.45, 7) is 1.87. The van der Waals surface area contributed by atoms with Crippen LogP contribution in [0.2, 0.25) is 0 Å². The lowest BCUT2D eigenvalue weighted by Gasteiger charge is -2.29. The fourth-order valence-corrected chi connectivity index (χ4v) is 3.83. The summed E-state index contributed by atoms with van der Waals surface area (Å²) in [5.74, 6) is 0. The maximum atomic E-state index is 11.3. The molecule has 1 fully saturated rings. The van der Waals surface area contributed by atoms with Gasteiger partial charge in [-0.3, -0.25) is 10.1 Å². The molecule has 0 amide bonds. The standard InChI is InChI=1S/C14H17N3O3S/c1-9-15-11-6-10(12(17(19)20)7-13(11)21-9)16-14(8-18)4-2-3-5-14/h6-7,16,18H,2-5,8H2,1H3. The highest BCUT2D eigenvalue weighted by Crippen LogP contribution is 2.38. The minimum Gasteiger partial charge on any atom is -0.394 e. The van der Waals surface area contributed by atoms with Crippen molar-refractivity contribution in [2.75, 3.05) is 11.9 Å². The number of hydrogen-bond acceptors (Lipinski definition) is 6. The molecule has 0 aliphatic heterocycles. The molecule has 1 saturated carbocycles. The van der Waals surface area contributed by atoms with E-state index in [-0.39, 0.29) is 17.2 Å². The molecule has 0 unspecified atom stereocenters. The normalized spacial score (nSPS) is 17.2. The molecule has 1 heterocycles. The van der Waals surface area contributed by atoms with Gasteiger partial charge in [0.1, 0.15) is 5.69 Å². The van der Waals surface area contributed by atoms with E-state index in [2.05, 4.69) is 10.3 Å². The van der Waals surface area contributed by atoms with Crippen molar-refractivity contribution in [2.45, 2.75) is 38.1 Å². The Morgan fingerprint density at radius 2 is 2.19 bits per heavy atom. The first-order valence-electron chi connectivity index (χ1n) is 6.98. The third kappa shape index (κ3) is 2.58. The van der Waals surface area contributed by atoms with Crippen LogP contribution in [0.4, 0.5) is 11.4 Å².